The van der Waals surface area contributed by atoms with Crippen LogP contribution in [0.4, 0.5) is 13.2 Å². The number of aliphatic carboxylic acids is 1. The van der Waals surface area contributed by atoms with Crippen molar-refractivity contribution in [2.75, 3.05) is 20.2 Å². The number of aromatic nitrogens is 2. The van der Waals surface area contributed by atoms with Crippen LogP contribution in [0, 0.1) is 13.8 Å². The average molecular weight is 681 g/mol. The first-order valence-electron chi connectivity index (χ1n) is 14.6. The number of piperidine rings is 1. The minimum Gasteiger partial charge on any atom is -0.497 e. The second-order valence-corrected chi connectivity index (χ2v) is 13.1. The van der Waals surface area contributed by atoms with E-state index in [1.165, 1.54) is 10.6 Å². The number of benzene rings is 1. The zero-order chi connectivity index (χ0) is 34.6. The van der Waals surface area contributed by atoms with Crippen LogP contribution in [0.25, 0.3) is 6.08 Å². The van der Waals surface area contributed by atoms with Crippen LogP contribution >= 0.6 is 0 Å². The third-order valence-corrected chi connectivity index (χ3v) is 9.89. The third-order valence-electron chi connectivity index (χ3n) is 7.68. The van der Waals surface area contributed by atoms with Crippen molar-refractivity contribution in [2.24, 2.45) is 0 Å². The first-order chi connectivity index (χ1) is 22.0. The lowest BCUT2D eigenvalue weighted by atomic mass is 9.90. The third kappa shape index (κ3) is 8.96. The van der Waals surface area contributed by atoms with Gasteiger partial charge in [0, 0.05) is 31.5 Å². The Morgan fingerprint density at radius 3 is 2.32 bits per heavy atom. The number of hydrogen-bond donors (Lipinski definition) is 2. The fraction of sp³-hybridized carbons (Fsp3) is 0.419. The maximum Gasteiger partial charge on any atom is 0.490 e. The molecule has 2 aromatic heterocycles. The first kappa shape index (κ1) is 35.6. The predicted octanol–water partition coefficient (Wildman–Crippen LogP) is 4.36. The van der Waals surface area contributed by atoms with Gasteiger partial charge in [0.1, 0.15) is 12.0 Å². The van der Waals surface area contributed by atoms with E-state index in [-0.39, 0.29) is 35.0 Å². The summed E-state index contributed by atoms with van der Waals surface area (Å²) in [6, 6.07) is 7.01. The molecule has 1 aliphatic heterocycles. The van der Waals surface area contributed by atoms with Crippen molar-refractivity contribution in [3.8, 4) is 5.75 Å². The largest absolute Gasteiger partial charge is 0.497 e. The number of rotatable bonds is 9. The molecule has 0 radical (unpaired) electrons. The number of carbonyl (C=O) groups is 2. The number of likely N-dealkylation sites (tertiary alicyclic amines) is 1. The Hall–Kier alpha value is -4.28. The number of carboxylic acids is 1. The van der Waals surface area contributed by atoms with Crippen molar-refractivity contribution < 1.29 is 50.5 Å². The number of carboxylic acid groups (broad SMARTS) is 1. The van der Waals surface area contributed by atoms with Gasteiger partial charge < -0.3 is 24.3 Å². The van der Waals surface area contributed by atoms with Gasteiger partial charge in [0.2, 0.25) is 15.9 Å². The smallest absolute Gasteiger partial charge is 0.490 e. The predicted molar refractivity (Wildman–Crippen MR) is 162 cm³/mol. The van der Waals surface area contributed by atoms with E-state index in [1.54, 1.807) is 56.5 Å². The normalized spacial score (nSPS) is 16.6. The van der Waals surface area contributed by atoms with Crippen LogP contribution in [0.15, 0.2) is 58.3 Å². The van der Waals surface area contributed by atoms with E-state index in [0.717, 1.165) is 18.4 Å². The van der Waals surface area contributed by atoms with Crippen LogP contribution in [0.3, 0.4) is 0 Å². The number of halogens is 3. The number of pyridine rings is 1. The lowest BCUT2D eigenvalue weighted by Gasteiger charge is -2.36. The summed E-state index contributed by atoms with van der Waals surface area (Å²) in [7, 11) is -2.30. The topological polar surface area (TPSA) is 163 Å². The molecule has 1 aliphatic carbocycles. The average Bonchev–Trinajstić information content (AvgIpc) is 3.74. The van der Waals surface area contributed by atoms with Gasteiger partial charge >= 0.3 is 12.1 Å². The molecule has 2 aliphatic rings. The first-order valence-corrected chi connectivity index (χ1v) is 16.0. The van der Waals surface area contributed by atoms with Crippen LogP contribution in [0.5, 0.6) is 5.75 Å². The van der Waals surface area contributed by atoms with Crippen LogP contribution < -0.4 is 4.74 Å². The highest BCUT2D eigenvalue weighted by Gasteiger charge is 2.41. The van der Waals surface area contributed by atoms with Gasteiger partial charge in [-0.25, -0.2) is 18.2 Å². The Kier molecular flexibility index (Phi) is 10.8. The highest BCUT2D eigenvalue weighted by Crippen LogP contribution is 2.36. The van der Waals surface area contributed by atoms with Crippen molar-refractivity contribution in [3.05, 3.63) is 77.3 Å². The molecule has 3 heterocycles. The summed E-state index contributed by atoms with van der Waals surface area (Å²) in [5.74, 6) is -2.30. The molecule has 2 fully saturated rings. The molecule has 1 saturated heterocycles. The zero-order valence-corrected chi connectivity index (χ0v) is 26.7. The Balaban J connectivity index is 0.000000644. The van der Waals surface area contributed by atoms with Gasteiger partial charge in [0.05, 0.1) is 24.2 Å². The maximum atomic E-state index is 13.8. The van der Waals surface area contributed by atoms with Crippen LogP contribution in [0.1, 0.15) is 58.8 Å². The standard InChI is InChI=1S/C29H34N4O6S.C2HF3O2/c1-20-15-24(38-3)16-21(2)27(20)40(36,37)33(23-6-7-23)18-26-31-25(19-39-26)28(34)32-13-10-29(35,11-14-32)9-8-22-5-4-12-30-17-22;3-2(4,5)1(6)7/h4-5,8-9,12,15-17,19,23,35H,6-7,10-11,13-14,18H2,1-3H3;(H,6,7). The van der Waals surface area contributed by atoms with Crippen molar-refractivity contribution in [3.63, 3.8) is 0 Å². The highest BCUT2D eigenvalue weighted by atomic mass is 32.2. The molecule has 5 rings (SSSR count). The van der Waals surface area contributed by atoms with Crippen LogP contribution in [-0.4, -0.2) is 87.7 Å². The van der Waals surface area contributed by atoms with Gasteiger partial charge in [-0.15, -0.1) is 0 Å². The maximum absolute atomic E-state index is 13.8. The molecule has 254 valence electrons. The van der Waals surface area contributed by atoms with Crippen molar-refractivity contribution in [1.82, 2.24) is 19.2 Å². The number of carbonyl (C=O) groups excluding carboxylic acids is 1. The molecular weight excluding hydrogens is 645 g/mol. The summed E-state index contributed by atoms with van der Waals surface area (Å²) in [6.07, 6.45) is 5.48. The highest BCUT2D eigenvalue weighted by molar-refractivity contribution is 7.89. The molecule has 12 nitrogen and oxygen atoms in total. The summed E-state index contributed by atoms with van der Waals surface area (Å²) in [5.41, 5.74) is 1.20. The summed E-state index contributed by atoms with van der Waals surface area (Å²) < 4.78 is 71.6. The second-order valence-electron chi connectivity index (χ2n) is 11.3. The molecule has 47 heavy (non-hydrogen) atoms. The Morgan fingerprint density at radius 1 is 1.19 bits per heavy atom. The van der Waals surface area contributed by atoms with Gasteiger partial charge in [-0.1, -0.05) is 18.2 Å². The molecule has 3 aromatic rings. The summed E-state index contributed by atoms with van der Waals surface area (Å²) >= 11 is 0. The lowest BCUT2D eigenvalue weighted by Crippen LogP contribution is -2.45. The summed E-state index contributed by atoms with van der Waals surface area (Å²) in [6.45, 7) is 4.15. The van der Waals surface area contributed by atoms with Gasteiger partial charge in [0.15, 0.2) is 5.69 Å². The van der Waals surface area contributed by atoms with E-state index in [9.17, 15) is 31.5 Å². The van der Waals surface area contributed by atoms with Crippen LogP contribution in [-0.2, 0) is 21.4 Å². The number of ether oxygens (including phenoxy) is 1. The van der Waals surface area contributed by atoms with Gasteiger partial charge in [-0.2, -0.15) is 17.5 Å². The van der Waals surface area contributed by atoms with Gasteiger partial charge in [0.25, 0.3) is 5.91 Å². The Bertz CT molecular complexity index is 1690. The molecule has 1 amide bonds. The van der Waals surface area contributed by atoms with E-state index < -0.39 is 27.8 Å². The quantitative estimate of drug-likeness (QED) is 0.332. The summed E-state index contributed by atoms with van der Waals surface area (Å²) in [5, 5.41) is 18.1. The summed E-state index contributed by atoms with van der Waals surface area (Å²) in [4.78, 5) is 32.4. The molecule has 0 spiro atoms. The van der Waals surface area contributed by atoms with E-state index in [1.807, 2.05) is 18.2 Å². The molecule has 2 N–H and O–H groups in total. The molecule has 16 heteroatoms. The van der Waals surface area contributed by atoms with Crippen LogP contribution in [0.2, 0.25) is 0 Å². The number of nitrogens with zero attached hydrogens (tertiary/aromatic N) is 4. The fourth-order valence-electron chi connectivity index (χ4n) is 5.09. The number of amides is 1. The lowest BCUT2D eigenvalue weighted by molar-refractivity contribution is -0.192. The van der Waals surface area contributed by atoms with Crippen molar-refractivity contribution in [2.45, 2.75) is 68.8 Å². The number of aryl methyl sites for hydroxylation is 2. The number of methoxy groups -OCH3 is 1. The zero-order valence-electron chi connectivity index (χ0n) is 25.9. The van der Waals surface area contributed by atoms with E-state index in [2.05, 4.69) is 9.97 Å². The van der Waals surface area contributed by atoms with E-state index in [0.29, 0.717) is 42.8 Å². The van der Waals surface area contributed by atoms with Crippen molar-refractivity contribution in [1.29, 1.82) is 0 Å². The SMILES string of the molecule is COc1cc(C)c(S(=O)(=O)N(Cc2nc(C(=O)N3CCC(O)(C=Cc4cccnc4)CC3)co2)C2CC2)c(C)c1.O=C(O)C(F)(F)F. The number of alkyl halides is 3. The molecule has 0 unspecified atom stereocenters. The number of sulfonamides is 1. The number of oxazole rings is 1. The molecule has 1 saturated carbocycles. The van der Waals surface area contributed by atoms with Crippen molar-refractivity contribution >= 4 is 28.0 Å². The molecule has 0 bridgehead atoms. The molecule has 0 atom stereocenters. The van der Waals surface area contributed by atoms with E-state index >= 15 is 0 Å². The minimum atomic E-state index is -5.08. The number of aliphatic hydroxyl groups is 1. The van der Waals surface area contributed by atoms with Gasteiger partial charge in [-0.05, 0) is 74.4 Å². The monoisotopic (exact) mass is 680 g/mol. The Labute approximate surface area is 269 Å². The second kappa shape index (κ2) is 14.2. The Morgan fingerprint density at radius 2 is 1.81 bits per heavy atom. The fourth-order valence-corrected chi connectivity index (χ4v) is 7.14. The van der Waals surface area contributed by atoms with E-state index in [4.69, 9.17) is 19.1 Å². The van der Waals surface area contributed by atoms with Gasteiger partial charge in [-0.3, -0.25) is 9.78 Å². The number of hydrogen-bond acceptors (Lipinski definition) is 9. The molecular formula is C31H35F3N4O8S. The minimum absolute atomic E-state index is 0.0654. The molecule has 1 aromatic carbocycles.